The number of rotatable bonds is 4. The van der Waals surface area contributed by atoms with Gasteiger partial charge in [-0.1, -0.05) is 24.3 Å². The topological polar surface area (TPSA) is 77.7 Å². The number of halogens is 1. The number of nitrogen functional groups attached to an aromatic ring is 1. The largest absolute Gasteiger partial charge is 0.444 e. The number of likely N-dealkylation sites (tertiary alicyclic amines) is 1. The molecule has 0 saturated carbocycles. The zero-order valence-electron chi connectivity index (χ0n) is 22.4. The molecule has 1 aromatic heterocycles. The van der Waals surface area contributed by atoms with Crippen LogP contribution < -0.4 is 5.73 Å². The Labute approximate surface area is 224 Å². The third-order valence-electron chi connectivity index (χ3n) is 7.39. The summed E-state index contributed by atoms with van der Waals surface area (Å²) in [7, 11) is 0. The van der Waals surface area contributed by atoms with E-state index in [1.165, 1.54) is 17.7 Å². The second-order valence-electron chi connectivity index (χ2n) is 11.2. The third-order valence-corrected chi connectivity index (χ3v) is 7.39. The van der Waals surface area contributed by atoms with E-state index >= 15 is 0 Å². The van der Waals surface area contributed by atoms with E-state index in [0.29, 0.717) is 18.3 Å². The molecule has 38 heavy (non-hydrogen) atoms. The quantitative estimate of drug-likeness (QED) is 0.399. The maximum absolute atomic E-state index is 13.5. The first-order valence-corrected chi connectivity index (χ1v) is 13.4. The average Bonchev–Trinajstić information content (AvgIpc) is 3.39. The number of amides is 1. The summed E-state index contributed by atoms with van der Waals surface area (Å²) >= 11 is 0. The Bertz CT molecular complexity index is 1300. The van der Waals surface area contributed by atoms with Crippen molar-refractivity contribution < 1.29 is 18.7 Å². The smallest absolute Gasteiger partial charge is 0.410 e. The molecule has 3 heterocycles. The minimum Gasteiger partial charge on any atom is -0.444 e. The molecule has 5 rings (SSSR count). The van der Waals surface area contributed by atoms with Crippen molar-refractivity contribution in [2.24, 2.45) is 0 Å². The molecule has 0 radical (unpaired) electrons. The molecule has 0 spiro atoms. The third kappa shape index (κ3) is 5.68. The van der Waals surface area contributed by atoms with Gasteiger partial charge in [-0.25, -0.2) is 14.2 Å². The van der Waals surface area contributed by atoms with E-state index in [2.05, 4.69) is 23.2 Å². The Hall–Kier alpha value is -3.45. The first kappa shape index (κ1) is 26.2. The zero-order valence-corrected chi connectivity index (χ0v) is 22.4. The Balaban J connectivity index is 1.55. The predicted octanol–water partition coefficient (Wildman–Crippen LogP) is 7.10. The van der Waals surface area contributed by atoms with Crippen molar-refractivity contribution in [1.29, 1.82) is 0 Å². The fourth-order valence-corrected chi connectivity index (χ4v) is 5.55. The minimum atomic E-state index is -0.554. The van der Waals surface area contributed by atoms with Gasteiger partial charge in [0.05, 0.1) is 6.04 Å². The van der Waals surface area contributed by atoms with Crippen molar-refractivity contribution in [3.63, 3.8) is 0 Å². The molecule has 200 valence electrons. The molecule has 2 aromatic carbocycles. The molecule has 2 saturated heterocycles. The molecule has 2 aliphatic heterocycles. The summed E-state index contributed by atoms with van der Waals surface area (Å²) < 4.78 is 24.9. The maximum atomic E-state index is 13.5. The summed E-state index contributed by atoms with van der Waals surface area (Å²) in [4.78, 5) is 19.5. The zero-order chi connectivity index (χ0) is 26.9. The summed E-state index contributed by atoms with van der Waals surface area (Å²) in [6.45, 7) is 7.87. The van der Waals surface area contributed by atoms with Crippen LogP contribution in [0.3, 0.4) is 0 Å². The molecule has 7 heteroatoms. The van der Waals surface area contributed by atoms with Gasteiger partial charge in [0.25, 0.3) is 0 Å². The van der Waals surface area contributed by atoms with Gasteiger partial charge in [-0.2, -0.15) is 0 Å². The highest BCUT2D eigenvalue weighted by molar-refractivity contribution is 5.79. The van der Waals surface area contributed by atoms with Gasteiger partial charge < -0.3 is 20.1 Å². The van der Waals surface area contributed by atoms with Crippen molar-refractivity contribution in [3.8, 4) is 22.3 Å². The van der Waals surface area contributed by atoms with E-state index in [9.17, 15) is 9.18 Å². The highest BCUT2D eigenvalue weighted by atomic mass is 19.1. The van der Waals surface area contributed by atoms with Crippen LogP contribution in [0.15, 0.2) is 54.7 Å². The molecule has 2 aliphatic rings. The number of aromatic nitrogens is 1. The van der Waals surface area contributed by atoms with Gasteiger partial charge in [0.2, 0.25) is 0 Å². The highest BCUT2D eigenvalue weighted by Crippen LogP contribution is 2.42. The molecule has 1 atom stereocenters. The lowest BCUT2D eigenvalue weighted by atomic mass is 9.83. The van der Waals surface area contributed by atoms with Crippen molar-refractivity contribution in [2.45, 2.75) is 64.0 Å². The second kappa shape index (κ2) is 10.7. The monoisotopic (exact) mass is 517 g/mol. The van der Waals surface area contributed by atoms with E-state index in [-0.39, 0.29) is 18.0 Å². The molecule has 6 nitrogen and oxygen atoms in total. The molecule has 0 aliphatic carbocycles. The van der Waals surface area contributed by atoms with Crippen molar-refractivity contribution in [1.82, 2.24) is 9.88 Å². The van der Waals surface area contributed by atoms with E-state index in [1.54, 1.807) is 18.3 Å². The summed E-state index contributed by atoms with van der Waals surface area (Å²) in [6, 6.07) is 14.8. The number of anilines is 1. The van der Waals surface area contributed by atoms with Gasteiger partial charge in [-0.3, -0.25) is 0 Å². The number of ether oxygens (including phenoxy) is 2. The van der Waals surface area contributed by atoms with Crippen LogP contribution in [0.5, 0.6) is 0 Å². The van der Waals surface area contributed by atoms with Crippen LogP contribution in [0.2, 0.25) is 0 Å². The van der Waals surface area contributed by atoms with Crippen LogP contribution >= 0.6 is 0 Å². The fraction of sp³-hybridized carbons (Fsp3) is 0.419. The molecular weight excluding hydrogens is 481 g/mol. The highest BCUT2D eigenvalue weighted by Gasteiger charge is 2.35. The number of nitrogens with two attached hydrogens (primary N) is 1. The number of nitrogens with zero attached hydrogens (tertiary/aromatic N) is 2. The Morgan fingerprint density at radius 1 is 1.00 bits per heavy atom. The van der Waals surface area contributed by atoms with Gasteiger partial charge >= 0.3 is 6.09 Å². The Morgan fingerprint density at radius 3 is 2.42 bits per heavy atom. The number of hydrogen-bond donors (Lipinski definition) is 1. The second-order valence-corrected chi connectivity index (χ2v) is 11.2. The van der Waals surface area contributed by atoms with Crippen molar-refractivity contribution >= 4 is 11.9 Å². The molecule has 2 fully saturated rings. The van der Waals surface area contributed by atoms with Gasteiger partial charge in [0, 0.05) is 37.1 Å². The lowest BCUT2D eigenvalue weighted by molar-refractivity contribution is 0.0222. The van der Waals surface area contributed by atoms with Crippen LogP contribution in [-0.2, 0) is 9.47 Å². The van der Waals surface area contributed by atoms with E-state index in [1.807, 2.05) is 31.7 Å². The first-order chi connectivity index (χ1) is 18.2. The van der Waals surface area contributed by atoms with Crippen LogP contribution in [0.1, 0.15) is 69.5 Å². The lowest BCUT2D eigenvalue weighted by Gasteiger charge is -2.32. The van der Waals surface area contributed by atoms with Gasteiger partial charge in [-0.15, -0.1) is 0 Å². The van der Waals surface area contributed by atoms with Crippen LogP contribution in [0.25, 0.3) is 22.3 Å². The van der Waals surface area contributed by atoms with Crippen LogP contribution in [-0.4, -0.2) is 41.3 Å². The Kier molecular flexibility index (Phi) is 7.39. The summed E-state index contributed by atoms with van der Waals surface area (Å²) in [5, 5.41) is 0. The fourth-order valence-electron chi connectivity index (χ4n) is 5.55. The van der Waals surface area contributed by atoms with Crippen LogP contribution in [0, 0.1) is 5.82 Å². The number of carbonyl (C=O) groups is 1. The normalized spacial score (nSPS) is 18.5. The van der Waals surface area contributed by atoms with Crippen LogP contribution in [0.4, 0.5) is 15.0 Å². The van der Waals surface area contributed by atoms with E-state index < -0.39 is 5.60 Å². The number of hydrogen-bond acceptors (Lipinski definition) is 5. The standard InChI is InChI=1S/C31H36FN3O3/c1-31(2,3)38-30(36)35-14-4-5-28(35)27-17-22(8-11-25(27)21-12-15-37-16-13-21)23-18-26(29(33)34-19-23)20-6-9-24(32)10-7-20/h6-11,17-19,21,28H,4-5,12-16H2,1-3H3,(H2,33,34)/t28-/m0/s1. The molecule has 0 unspecified atom stereocenters. The number of carbonyl (C=O) groups excluding carboxylic acids is 1. The predicted molar refractivity (Wildman–Crippen MR) is 147 cm³/mol. The Morgan fingerprint density at radius 2 is 1.71 bits per heavy atom. The molecule has 2 N–H and O–H groups in total. The number of benzene rings is 2. The van der Waals surface area contributed by atoms with E-state index in [4.69, 9.17) is 15.2 Å². The van der Waals surface area contributed by atoms with Crippen molar-refractivity contribution in [2.75, 3.05) is 25.5 Å². The van der Waals surface area contributed by atoms with Gasteiger partial charge in [0.15, 0.2) is 0 Å². The molecule has 1 amide bonds. The summed E-state index contributed by atoms with van der Waals surface area (Å²) in [5.41, 5.74) is 11.6. The maximum Gasteiger partial charge on any atom is 0.410 e. The van der Waals surface area contributed by atoms with Gasteiger partial charge in [0.1, 0.15) is 17.2 Å². The lowest BCUT2D eigenvalue weighted by Crippen LogP contribution is -2.36. The van der Waals surface area contributed by atoms with Gasteiger partial charge in [-0.05, 0) is 98.9 Å². The average molecular weight is 518 g/mol. The summed E-state index contributed by atoms with van der Waals surface area (Å²) in [6.07, 6.45) is 5.25. The number of pyridine rings is 1. The molecular formula is C31H36FN3O3. The molecule has 3 aromatic rings. The van der Waals surface area contributed by atoms with E-state index in [0.717, 1.165) is 66.7 Å². The first-order valence-electron chi connectivity index (χ1n) is 13.4. The summed E-state index contributed by atoms with van der Waals surface area (Å²) in [5.74, 6) is 0.482. The SMILES string of the molecule is CC(C)(C)OC(=O)N1CCC[C@H]1c1cc(-c2cnc(N)c(-c3ccc(F)cc3)c2)ccc1C1CCOCC1. The van der Waals surface area contributed by atoms with Crippen molar-refractivity contribution in [3.05, 3.63) is 71.7 Å². The minimum absolute atomic E-state index is 0.0547. The molecule has 0 bridgehead atoms.